The number of anilines is 1. The zero-order valence-electron chi connectivity index (χ0n) is 15.9. The number of morpholine rings is 1. The number of nitrogens with one attached hydrogen (secondary N) is 1. The monoisotopic (exact) mass is 384 g/mol. The Morgan fingerprint density at radius 1 is 1.22 bits per heavy atom. The zero-order valence-corrected chi connectivity index (χ0v) is 16.8. The molecule has 1 aromatic heterocycles. The van der Waals surface area contributed by atoms with Crippen molar-refractivity contribution in [2.75, 3.05) is 44.7 Å². The molecule has 1 saturated heterocycles. The lowest BCUT2D eigenvalue weighted by atomic mass is 10.2. The average Bonchev–Trinajstić information content (AvgIpc) is 2.69. The van der Waals surface area contributed by atoms with Gasteiger partial charge < -0.3 is 15.0 Å². The van der Waals surface area contributed by atoms with Crippen molar-refractivity contribution in [3.8, 4) is 0 Å². The largest absolute Gasteiger partial charge is 0.379 e. The highest BCUT2D eigenvalue weighted by molar-refractivity contribution is 7.80. The maximum absolute atomic E-state index is 5.74. The Hall–Kier alpha value is -2.02. The van der Waals surface area contributed by atoms with E-state index in [1.807, 2.05) is 30.6 Å². The first-order chi connectivity index (χ1) is 13.2. The minimum absolute atomic E-state index is 0.763. The molecule has 0 saturated carbocycles. The number of ether oxygens (including phenoxy) is 1. The lowest BCUT2D eigenvalue weighted by Crippen LogP contribution is -2.40. The molecular weight excluding hydrogens is 356 g/mol. The molecule has 1 aliphatic heterocycles. The van der Waals surface area contributed by atoms with Gasteiger partial charge in [-0.1, -0.05) is 12.1 Å². The number of benzene rings is 1. The van der Waals surface area contributed by atoms with E-state index in [-0.39, 0.29) is 0 Å². The number of rotatable bonds is 7. The van der Waals surface area contributed by atoms with Crippen LogP contribution in [0.3, 0.4) is 0 Å². The van der Waals surface area contributed by atoms with Crippen LogP contribution in [0.2, 0.25) is 0 Å². The third-order valence-corrected chi connectivity index (χ3v) is 5.05. The van der Waals surface area contributed by atoms with Crippen LogP contribution in [0, 0.1) is 6.92 Å². The summed E-state index contributed by atoms with van der Waals surface area (Å²) in [6.45, 7) is 8.59. The topological polar surface area (TPSA) is 40.6 Å². The van der Waals surface area contributed by atoms with E-state index >= 15 is 0 Å². The molecule has 0 bridgehead atoms. The summed E-state index contributed by atoms with van der Waals surface area (Å²) in [5, 5.41) is 4.16. The highest BCUT2D eigenvalue weighted by Gasteiger charge is 2.14. The summed E-state index contributed by atoms with van der Waals surface area (Å²) in [5.74, 6) is 0. The van der Waals surface area contributed by atoms with E-state index in [0.29, 0.717) is 0 Å². The first kappa shape index (κ1) is 19.7. The van der Waals surface area contributed by atoms with Crippen molar-refractivity contribution in [2.24, 2.45) is 0 Å². The molecule has 0 spiro atoms. The van der Waals surface area contributed by atoms with E-state index in [0.717, 1.165) is 63.2 Å². The van der Waals surface area contributed by atoms with Gasteiger partial charge in [-0.25, -0.2) is 0 Å². The van der Waals surface area contributed by atoms with Gasteiger partial charge in [0, 0.05) is 50.8 Å². The Balaban J connectivity index is 1.60. The maximum Gasteiger partial charge on any atom is 0.173 e. The van der Waals surface area contributed by atoms with Crippen molar-refractivity contribution in [1.29, 1.82) is 0 Å². The third kappa shape index (κ3) is 6.57. The van der Waals surface area contributed by atoms with Crippen molar-refractivity contribution in [1.82, 2.24) is 14.8 Å². The smallest absolute Gasteiger partial charge is 0.173 e. The first-order valence-electron chi connectivity index (χ1n) is 9.52. The fourth-order valence-electron chi connectivity index (χ4n) is 3.20. The molecule has 144 valence electrons. The quantitative estimate of drug-likeness (QED) is 0.739. The molecule has 0 unspecified atom stereocenters. The lowest BCUT2D eigenvalue weighted by molar-refractivity contribution is 0.0368. The van der Waals surface area contributed by atoms with Gasteiger partial charge in [0.05, 0.1) is 13.2 Å². The highest BCUT2D eigenvalue weighted by Crippen LogP contribution is 2.13. The summed E-state index contributed by atoms with van der Waals surface area (Å²) in [7, 11) is 0. The molecule has 1 aromatic carbocycles. The van der Waals surface area contributed by atoms with Crippen molar-refractivity contribution < 1.29 is 4.74 Å². The van der Waals surface area contributed by atoms with Crippen LogP contribution >= 0.6 is 12.2 Å². The molecule has 1 aliphatic rings. The van der Waals surface area contributed by atoms with Gasteiger partial charge in [0.15, 0.2) is 5.11 Å². The second-order valence-corrected chi connectivity index (χ2v) is 7.27. The van der Waals surface area contributed by atoms with Crippen LogP contribution in [0.15, 0.2) is 48.8 Å². The predicted octanol–water partition coefficient (Wildman–Crippen LogP) is 3.31. The second kappa shape index (κ2) is 10.3. The number of hydrogen-bond donors (Lipinski definition) is 1. The number of aromatic nitrogens is 1. The van der Waals surface area contributed by atoms with E-state index < -0.39 is 0 Å². The summed E-state index contributed by atoms with van der Waals surface area (Å²) < 4.78 is 5.43. The number of hydrogen-bond acceptors (Lipinski definition) is 4. The van der Waals surface area contributed by atoms with E-state index in [4.69, 9.17) is 17.0 Å². The molecule has 6 heteroatoms. The summed E-state index contributed by atoms with van der Waals surface area (Å²) in [6, 6.07) is 12.4. The van der Waals surface area contributed by atoms with Gasteiger partial charge in [-0.2, -0.15) is 0 Å². The fraction of sp³-hybridized carbons (Fsp3) is 0.429. The van der Waals surface area contributed by atoms with Crippen LogP contribution in [0.4, 0.5) is 5.69 Å². The Bertz CT molecular complexity index is 719. The van der Waals surface area contributed by atoms with Gasteiger partial charge in [0.1, 0.15) is 0 Å². The lowest BCUT2D eigenvalue weighted by Gasteiger charge is -2.29. The normalized spacial score (nSPS) is 14.7. The van der Waals surface area contributed by atoms with Crippen molar-refractivity contribution in [2.45, 2.75) is 19.9 Å². The summed E-state index contributed by atoms with van der Waals surface area (Å²) in [5.41, 5.74) is 3.47. The van der Waals surface area contributed by atoms with E-state index in [2.05, 4.69) is 45.2 Å². The van der Waals surface area contributed by atoms with Crippen LogP contribution in [0.25, 0.3) is 0 Å². The molecule has 5 nitrogen and oxygen atoms in total. The highest BCUT2D eigenvalue weighted by atomic mass is 32.1. The van der Waals surface area contributed by atoms with E-state index in [1.165, 1.54) is 11.1 Å². The Morgan fingerprint density at radius 2 is 2.00 bits per heavy atom. The van der Waals surface area contributed by atoms with Gasteiger partial charge in [-0.05, 0) is 61.0 Å². The van der Waals surface area contributed by atoms with Crippen LogP contribution < -0.4 is 5.32 Å². The molecule has 1 fully saturated rings. The van der Waals surface area contributed by atoms with Crippen molar-refractivity contribution in [3.05, 3.63) is 59.9 Å². The van der Waals surface area contributed by atoms with Crippen LogP contribution in [0.5, 0.6) is 0 Å². The molecule has 2 heterocycles. The number of thiocarbonyl (C=S) groups is 1. The van der Waals surface area contributed by atoms with Crippen LogP contribution in [-0.4, -0.2) is 59.3 Å². The molecule has 2 aromatic rings. The van der Waals surface area contributed by atoms with Crippen LogP contribution in [-0.2, 0) is 11.3 Å². The standard InChI is InChI=1S/C21H28N4OS/c1-18-4-2-5-20(16-18)23-21(27)25(17-19-6-8-22-9-7-19)11-3-10-24-12-14-26-15-13-24/h2,4-9,16H,3,10-15,17H2,1H3,(H,23,27). The van der Waals surface area contributed by atoms with Gasteiger partial charge in [0.25, 0.3) is 0 Å². The summed E-state index contributed by atoms with van der Waals surface area (Å²) in [4.78, 5) is 8.82. The summed E-state index contributed by atoms with van der Waals surface area (Å²) in [6.07, 6.45) is 4.73. The molecular formula is C21H28N4OS. The van der Waals surface area contributed by atoms with E-state index in [1.54, 1.807) is 0 Å². The molecule has 0 amide bonds. The minimum atomic E-state index is 0.763. The number of pyridine rings is 1. The predicted molar refractivity (Wildman–Crippen MR) is 114 cm³/mol. The first-order valence-corrected chi connectivity index (χ1v) is 9.93. The molecule has 0 atom stereocenters. The maximum atomic E-state index is 5.74. The van der Waals surface area contributed by atoms with Gasteiger partial charge in [-0.3, -0.25) is 9.88 Å². The third-order valence-electron chi connectivity index (χ3n) is 4.69. The molecule has 1 N–H and O–H groups in total. The fourth-order valence-corrected chi connectivity index (χ4v) is 3.47. The van der Waals surface area contributed by atoms with Gasteiger partial charge in [-0.15, -0.1) is 0 Å². The molecule has 3 rings (SSSR count). The summed E-state index contributed by atoms with van der Waals surface area (Å²) >= 11 is 5.74. The molecule has 0 radical (unpaired) electrons. The van der Waals surface area contributed by atoms with Crippen molar-refractivity contribution in [3.63, 3.8) is 0 Å². The second-order valence-electron chi connectivity index (χ2n) is 6.88. The van der Waals surface area contributed by atoms with Gasteiger partial charge in [0.2, 0.25) is 0 Å². The van der Waals surface area contributed by atoms with Gasteiger partial charge >= 0.3 is 0 Å². The number of aryl methyl sites for hydroxylation is 1. The van der Waals surface area contributed by atoms with Crippen molar-refractivity contribution >= 4 is 23.0 Å². The number of nitrogens with zero attached hydrogens (tertiary/aromatic N) is 3. The molecule has 0 aliphatic carbocycles. The Morgan fingerprint density at radius 3 is 2.74 bits per heavy atom. The molecule has 27 heavy (non-hydrogen) atoms. The Labute approximate surface area is 167 Å². The SMILES string of the molecule is Cc1cccc(NC(=S)N(CCCN2CCOCC2)Cc2ccncc2)c1. The average molecular weight is 385 g/mol. The Kier molecular flexibility index (Phi) is 7.56. The minimum Gasteiger partial charge on any atom is -0.379 e. The van der Waals surface area contributed by atoms with Crippen LogP contribution in [0.1, 0.15) is 17.5 Å². The zero-order chi connectivity index (χ0) is 18.9. The van der Waals surface area contributed by atoms with E-state index in [9.17, 15) is 0 Å².